The molecule has 0 spiro atoms. The molecule has 0 aliphatic heterocycles. The van der Waals surface area contributed by atoms with Crippen LogP contribution in [0.15, 0.2) is 48.5 Å². The van der Waals surface area contributed by atoms with Crippen molar-refractivity contribution in [3.05, 3.63) is 54.1 Å². The number of halogens is 3. The number of hydrogen-bond donors (Lipinski definition) is 2. The van der Waals surface area contributed by atoms with Gasteiger partial charge in [-0.1, -0.05) is 0 Å². The fourth-order valence-electron chi connectivity index (χ4n) is 1.87. The average Bonchev–Trinajstić information content (AvgIpc) is 2.54. The number of hydrogen-bond acceptors (Lipinski definition) is 3. The molecule has 0 saturated heterocycles. The second kappa shape index (κ2) is 6.61. The first-order chi connectivity index (χ1) is 11.2. The standard InChI is InChI=1S/C16H13F3N2O3/c1-21(12-6-8-13(22)9-7-12)15(24)14(23)20-11-4-2-10(3-5-11)16(17,18)19/h2-9,22H,1H3,(H,20,23). The van der Waals surface area contributed by atoms with Gasteiger partial charge < -0.3 is 15.3 Å². The van der Waals surface area contributed by atoms with Gasteiger partial charge in [0.1, 0.15) is 5.75 Å². The van der Waals surface area contributed by atoms with Gasteiger partial charge in [0.15, 0.2) is 0 Å². The summed E-state index contributed by atoms with van der Waals surface area (Å²) in [5.41, 5.74) is -0.408. The number of amides is 2. The number of anilines is 2. The zero-order valence-corrected chi connectivity index (χ0v) is 12.5. The Bertz CT molecular complexity index is 741. The van der Waals surface area contributed by atoms with Crippen LogP contribution >= 0.6 is 0 Å². The number of carbonyl (C=O) groups is 2. The van der Waals surface area contributed by atoms with E-state index in [2.05, 4.69) is 5.32 Å². The SMILES string of the molecule is CN(C(=O)C(=O)Nc1ccc(C(F)(F)F)cc1)c1ccc(O)cc1. The Hall–Kier alpha value is -3.03. The fourth-order valence-corrected chi connectivity index (χ4v) is 1.87. The zero-order valence-electron chi connectivity index (χ0n) is 12.5. The Morgan fingerprint density at radius 3 is 2.04 bits per heavy atom. The molecule has 0 unspecified atom stereocenters. The third-order valence-electron chi connectivity index (χ3n) is 3.21. The quantitative estimate of drug-likeness (QED) is 0.827. The van der Waals surface area contributed by atoms with Crippen molar-refractivity contribution in [2.75, 3.05) is 17.3 Å². The highest BCUT2D eigenvalue weighted by Crippen LogP contribution is 2.29. The summed E-state index contributed by atoms with van der Waals surface area (Å²) < 4.78 is 37.4. The van der Waals surface area contributed by atoms with E-state index in [4.69, 9.17) is 0 Å². The van der Waals surface area contributed by atoms with Crippen LogP contribution in [-0.4, -0.2) is 24.0 Å². The summed E-state index contributed by atoms with van der Waals surface area (Å²) in [4.78, 5) is 25.0. The minimum atomic E-state index is -4.47. The van der Waals surface area contributed by atoms with Crippen molar-refractivity contribution >= 4 is 23.2 Å². The largest absolute Gasteiger partial charge is 0.508 e. The molecule has 0 aromatic heterocycles. The van der Waals surface area contributed by atoms with Gasteiger partial charge in [0.2, 0.25) is 0 Å². The highest BCUT2D eigenvalue weighted by Gasteiger charge is 2.30. The van der Waals surface area contributed by atoms with Crippen LogP contribution in [-0.2, 0) is 15.8 Å². The van der Waals surface area contributed by atoms with Crippen LogP contribution in [0.1, 0.15) is 5.56 Å². The molecular weight excluding hydrogens is 325 g/mol. The predicted octanol–water partition coefficient (Wildman–Crippen LogP) is 3.01. The fraction of sp³-hybridized carbons (Fsp3) is 0.125. The minimum absolute atomic E-state index is 0.00815. The maximum absolute atomic E-state index is 12.5. The number of aromatic hydroxyl groups is 1. The van der Waals surface area contributed by atoms with Gasteiger partial charge in [-0.15, -0.1) is 0 Å². The lowest BCUT2D eigenvalue weighted by Gasteiger charge is -2.17. The molecule has 2 aromatic carbocycles. The van der Waals surface area contributed by atoms with Crippen molar-refractivity contribution < 1.29 is 27.9 Å². The lowest BCUT2D eigenvalue weighted by atomic mass is 10.2. The monoisotopic (exact) mass is 338 g/mol. The van der Waals surface area contributed by atoms with Crippen molar-refractivity contribution in [3.8, 4) is 5.75 Å². The molecule has 0 aliphatic carbocycles. The third kappa shape index (κ3) is 4.03. The summed E-state index contributed by atoms with van der Waals surface area (Å²) in [7, 11) is 1.36. The summed E-state index contributed by atoms with van der Waals surface area (Å²) in [5, 5.41) is 11.4. The van der Waals surface area contributed by atoms with Crippen molar-refractivity contribution in [2.45, 2.75) is 6.18 Å². The lowest BCUT2D eigenvalue weighted by Crippen LogP contribution is -2.37. The summed E-state index contributed by atoms with van der Waals surface area (Å²) in [6.45, 7) is 0. The van der Waals surface area contributed by atoms with Crippen molar-refractivity contribution in [1.29, 1.82) is 0 Å². The minimum Gasteiger partial charge on any atom is -0.508 e. The molecule has 2 amide bonds. The smallest absolute Gasteiger partial charge is 0.416 e. The Morgan fingerprint density at radius 2 is 1.54 bits per heavy atom. The number of phenolic OH excluding ortho intramolecular Hbond substituents is 1. The van der Waals surface area contributed by atoms with E-state index < -0.39 is 23.6 Å². The van der Waals surface area contributed by atoms with E-state index in [9.17, 15) is 27.9 Å². The van der Waals surface area contributed by atoms with Crippen LogP contribution in [0.5, 0.6) is 5.75 Å². The van der Waals surface area contributed by atoms with Crippen molar-refractivity contribution in [3.63, 3.8) is 0 Å². The second-order valence-corrected chi connectivity index (χ2v) is 4.91. The number of nitrogens with one attached hydrogen (secondary N) is 1. The predicted molar refractivity (Wildman–Crippen MR) is 81.6 cm³/mol. The van der Waals surface area contributed by atoms with Crippen LogP contribution in [0, 0.1) is 0 Å². The number of benzene rings is 2. The number of phenols is 1. The van der Waals surface area contributed by atoms with Crippen LogP contribution in [0.25, 0.3) is 0 Å². The van der Waals surface area contributed by atoms with Gasteiger partial charge >= 0.3 is 18.0 Å². The van der Waals surface area contributed by atoms with E-state index in [1.807, 2.05) is 0 Å². The van der Waals surface area contributed by atoms with Crippen molar-refractivity contribution in [1.82, 2.24) is 0 Å². The Kier molecular flexibility index (Phi) is 4.77. The van der Waals surface area contributed by atoms with Crippen LogP contribution in [0.4, 0.5) is 24.5 Å². The van der Waals surface area contributed by atoms with E-state index in [1.54, 1.807) is 0 Å². The highest BCUT2D eigenvalue weighted by atomic mass is 19.4. The molecule has 2 rings (SSSR count). The maximum atomic E-state index is 12.5. The van der Waals surface area contributed by atoms with Gasteiger partial charge in [-0.05, 0) is 48.5 Å². The molecule has 0 radical (unpaired) electrons. The normalized spacial score (nSPS) is 11.0. The van der Waals surface area contributed by atoms with Gasteiger partial charge in [0, 0.05) is 18.4 Å². The third-order valence-corrected chi connectivity index (χ3v) is 3.21. The first kappa shape index (κ1) is 17.3. The van der Waals surface area contributed by atoms with Gasteiger partial charge in [0.05, 0.1) is 5.56 Å². The molecule has 8 heteroatoms. The highest BCUT2D eigenvalue weighted by molar-refractivity contribution is 6.44. The Labute approximate surface area is 135 Å². The maximum Gasteiger partial charge on any atom is 0.416 e. The topological polar surface area (TPSA) is 69.6 Å². The average molecular weight is 338 g/mol. The number of nitrogens with zero attached hydrogens (tertiary/aromatic N) is 1. The van der Waals surface area contributed by atoms with E-state index in [-0.39, 0.29) is 11.4 Å². The molecule has 24 heavy (non-hydrogen) atoms. The van der Waals surface area contributed by atoms with Gasteiger partial charge in [-0.25, -0.2) is 0 Å². The Balaban J connectivity index is 2.06. The Morgan fingerprint density at radius 1 is 1.00 bits per heavy atom. The molecule has 5 nitrogen and oxygen atoms in total. The van der Waals surface area contributed by atoms with Crippen LogP contribution < -0.4 is 10.2 Å². The zero-order chi connectivity index (χ0) is 17.9. The van der Waals surface area contributed by atoms with Crippen LogP contribution in [0.2, 0.25) is 0 Å². The second-order valence-electron chi connectivity index (χ2n) is 4.91. The van der Waals surface area contributed by atoms with E-state index >= 15 is 0 Å². The molecular formula is C16H13F3N2O3. The first-order valence-electron chi connectivity index (χ1n) is 6.74. The van der Waals surface area contributed by atoms with Gasteiger partial charge in [0.25, 0.3) is 0 Å². The summed E-state index contributed by atoms with van der Waals surface area (Å²) in [6.07, 6.45) is -4.47. The molecule has 0 heterocycles. The molecule has 2 N–H and O–H groups in total. The molecule has 0 aliphatic rings. The number of carbonyl (C=O) groups excluding carboxylic acids is 2. The molecule has 2 aromatic rings. The molecule has 126 valence electrons. The molecule has 0 atom stereocenters. The van der Waals surface area contributed by atoms with Crippen LogP contribution in [0.3, 0.4) is 0 Å². The lowest BCUT2D eigenvalue weighted by molar-refractivity contribution is -0.137. The number of likely N-dealkylation sites (N-methyl/N-ethyl adjacent to an activating group) is 1. The van der Waals surface area contributed by atoms with Gasteiger partial charge in [-0.3, -0.25) is 9.59 Å². The number of rotatable bonds is 2. The molecule has 0 bridgehead atoms. The summed E-state index contributed by atoms with van der Waals surface area (Å²) in [5.74, 6) is -1.89. The molecule has 0 fully saturated rings. The van der Waals surface area contributed by atoms with E-state index in [0.717, 1.165) is 29.2 Å². The first-order valence-corrected chi connectivity index (χ1v) is 6.74. The van der Waals surface area contributed by atoms with Crippen molar-refractivity contribution in [2.24, 2.45) is 0 Å². The molecule has 0 saturated carbocycles. The van der Waals surface area contributed by atoms with E-state index in [1.165, 1.54) is 31.3 Å². The summed E-state index contributed by atoms with van der Waals surface area (Å²) >= 11 is 0. The van der Waals surface area contributed by atoms with Gasteiger partial charge in [-0.2, -0.15) is 13.2 Å². The van der Waals surface area contributed by atoms with E-state index in [0.29, 0.717) is 5.69 Å². The summed E-state index contributed by atoms with van der Waals surface area (Å²) in [6, 6.07) is 9.34. The number of alkyl halides is 3.